The quantitative estimate of drug-likeness (QED) is 0.477. The van der Waals surface area contributed by atoms with Gasteiger partial charge in [0.15, 0.2) is 0 Å². The Kier molecular flexibility index (Phi) is 4.96. The van der Waals surface area contributed by atoms with Crippen molar-refractivity contribution in [2.45, 2.75) is 6.92 Å². The van der Waals surface area contributed by atoms with E-state index in [4.69, 9.17) is 4.74 Å². The van der Waals surface area contributed by atoms with E-state index in [9.17, 15) is 15.0 Å². The third kappa shape index (κ3) is 3.03. The molecule has 1 aromatic carbocycles. The molecule has 0 aliphatic heterocycles. The van der Waals surface area contributed by atoms with Crippen LogP contribution in [-0.4, -0.2) is 17.1 Å². The first kappa shape index (κ1) is 17.6. The second-order valence-corrected chi connectivity index (χ2v) is 6.43. The molecule has 0 saturated heterocycles. The molecular formula is C19H15N3O3S. The third-order valence-corrected chi connectivity index (χ3v) is 4.90. The molecule has 2 aromatic heterocycles. The van der Waals surface area contributed by atoms with Crippen molar-refractivity contribution in [1.29, 1.82) is 5.26 Å². The topological polar surface area (TPSA) is 84.4 Å². The van der Waals surface area contributed by atoms with Crippen molar-refractivity contribution in [1.82, 2.24) is 4.57 Å². The fourth-order valence-electron chi connectivity index (χ4n) is 2.83. The van der Waals surface area contributed by atoms with Crippen LogP contribution in [0.3, 0.4) is 0 Å². The van der Waals surface area contributed by atoms with Gasteiger partial charge >= 0.3 is 5.97 Å². The van der Waals surface area contributed by atoms with Gasteiger partial charge in [-0.2, -0.15) is 5.26 Å². The molecule has 0 spiro atoms. The molecule has 6 nitrogen and oxygen atoms in total. The van der Waals surface area contributed by atoms with Gasteiger partial charge in [-0.25, -0.2) is 4.79 Å². The average Bonchev–Trinajstić information content (AvgIpc) is 3.25. The van der Waals surface area contributed by atoms with Crippen LogP contribution in [-0.2, 0) is 11.8 Å². The molecule has 0 N–H and O–H groups in total. The highest BCUT2D eigenvalue weighted by atomic mass is 32.1. The van der Waals surface area contributed by atoms with Crippen LogP contribution in [0.2, 0.25) is 0 Å². The summed E-state index contributed by atoms with van der Waals surface area (Å²) in [5, 5.41) is 14.3. The van der Waals surface area contributed by atoms with Crippen LogP contribution in [0.15, 0.2) is 47.1 Å². The Labute approximate surface area is 154 Å². The summed E-state index contributed by atoms with van der Waals surface area (Å²) in [5.41, 5.74) is 3.25. The van der Waals surface area contributed by atoms with Gasteiger partial charge in [0.05, 0.1) is 17.0 Å². The largest absolute Gasteiger partial charge is 0.461 e. The minimum atomic E-state index is -0.471. The van der Waals surface area contributed by atoms with E-state index in [1.165, 1.54) is 11.3 Å². The van der Waals surface area contributed by atoms with Crippen LogP contribution in [0.25, 0.3) is 21.6 Å². The van der Waals surface area contributed by atoms with Gasteiger partial charge in [-0.05, 0) is 34.7 Å². The number of rotatable bonds is 5. The predicted molar refractivity (Wildman–Crippen MR) is 100 cm³/mol. The maximum absolute atomic E-state index is 12.3. The Morgan fingerprint density at radius 2 is 1.96 bits per heavy atom. The maximum Gasteiger partial charge on any atom is 0.355 e. The van der Waals surface area contributed by atoms with Crippen LogP contribution < -0.4 is 0 Å². The van der Waals surface area contributed by atoms with E-state index in [0.29, 0.717) is 22.5 Å². The van der Waals surface area contributed by atoms with Gasteiger partial charge in [-0.3, -0.25) is 0 Å². The minimum absolute atomic E-state index is 0.254. The van der Waals surface area contributed by atoms with Crippen LogP contribution >= 0.6 is 11.3 Å². The highest BCUT2D eigenvalue weighted by molar-refractivity contribution is 7.14. The molecule has 0 fully saturated rings. The summed E-state index contributed by atoms with van der Waals surface area (Å²) in [4.78, 5) is 24.0. The molecule has 0 unspecified atom stereocenters. The van der Waals surface area contributed by atoms with Crippen molar-refractivity contribution >= 4 is 23.0 Å². The number of nitriles is 1. The fourth-order valence-corrected chi connectivity index (χ4v) is 3.66. The van der Waals surface area contributed by atoms with Crippen molar-refractivity contribution < 1.29 is 9.53 Å². The van der Waals surface area contributed by atoms with E-state index in [1.807, 2.05) is 29.6 Å². The molecule has 3 aromatic rings. The number of hydrogen-bond donors (Lipinski definition) is 0. The average molecular weight is 365 g/mol. The number of esters is 1. The molecule has 0 aliphatic rings. The zero-order valence-electron chi connectivity index (χ0n) is 14.2. The number of hydrogen-bond acceptors (Lipinski definition) is 6. The van der Waals surface area contributed by atoms with Gasteiger partial charge in [0.1, 0.15) is 17.5 Å². The van der Waals surface area contributed by atoms with E-state index < -0.39 is 5.97 Å². The number of aromatic nitrogens is 1. The number of carbonyl (C=O) groups is 1. The lowest BCUT2D eigenvalue weighted by molar-refractivity contribution is 0.0516. The first-order chi connectivity index (χ1) is 12.6. The van der Waals surface area contributed by atoms with Gasteiger partial charge in [0.25, 0.3) is 0 Å². The van der Waals surface area contributed by atoms with Gasteiger partial charge in [0, 0.05) is 18.8 Å². The number of carbonyl (C=O) groups excluding carboxylic acids is 1. The lowest BCUT2D eigenvalue weighted by atomic mass is 10.00. The molecule has 3 rings (SSSR count). The van der Waals surface area contributed by atoms with E-state index in [0.717, 1.165) is 16.0 Å². The summed E-state index contributed by atoms with van der Waals surface area (Å²) in [7, 11) is 1.71. The third-order valence-electron chi connectivity index (χ3n) is 3.95. The summed E-state index contributed by atoms with van der Waals surface area (Å²) in [6.45, 7) is 1.99. The van der Waals surface area contributed by atoms with Gasteiger partial charge < -0.3 is 9.30 Å². The number of aryl methyl sites for hydroxylation is 1. The van der Waals surface area contributed by atoms with Crippen molar-refractivity contribution in [3.63, 3.8) is 0 Å². The Morgan fingerprint density at radius 1 is 1.27 bits per heavy atom. The molecular weight excluding hydrogens is 350 g/mol. The second kappa shape index (κ2) is 7.33. The second-order valence-electron chi connectivity index (χ2n) is 5.51. The highest BCUT2D eigenvalue weighted by Gasteiger charge is 2.23. The normalized spacial score (nSPS) is 10.3. The summed E-state index contributed by atoms with van der Waals surface area (Å²) < 4.78 is 6.73. The van der Waals surface area contributed by atoms with Crippen LogP contribution in [0, 0.1) is 16.2 Å². The van der Waals surface area contributed by atoms with E-state index in [1.54, 1.807) is 30.8 Å². The molecule has 7 heteroatoms. The number of ether oxygens (including phenoxy) is 1. The van der Waals surface area contributed by atoms with Gasteiger partial charge in [-0.1, -0.05) is 24.3 Å². The SMILES string of the molecule is CCOC(=O)c1c(-c2ccc(-c3sccc3N=O)cc2)c(C#N)cn1C. The molecule has 130 valence electrons. The van der Waals surface area contributed by atoms with Crippen LogP contribution in [0.5, 0.6) is 0 Å². The smallest absolute Gasteiger partial charge is 0.355 e. The molecule has 0 bridgehead atoms. The van der Waals surface area contributed by atoms with Crippen molar-refractivity contribution in [2.24, 2.45) is 12.2 Å². The molecule has 26 heavy (non-hydrogen) atoms. The zero-order valence-corrected chi connectivity index (χ0v) is 15.0. The molecule has 2 heterocycles. The monoisotopic (exact) mass is 365 g/mol. The van der Waals surface area contributed by atoms with E-state index in [-0.39, 0.29) is 6.61 Å². The molecule has 0 radical (unpaired) electrons. The first-order valence-corrected chi connectivity index (χ1v) is 8.76. The Hall–Kier alpha value is -3.24. The van der Waals surface area contributed by atoms with E-state index >= 15 is 0 Å². The fraction of sp³-hybridized carbons (Fsp3) is 0.158. The Balaban J connectivity index is 2.08. The van der Waals surface area contributed by atoms with Crippen molar-refractivity contribution in [3.8, 4) is 27.6 Å². The number of benzene rings is 1. The molecule has 0 saturated carbocycles. The Morgan fingerprint density at radius 3 is 2.58 bits per heavy atom. The number of nitroso groups, excluding NO2 is 1. The summed E-state index contributed by atoms with van der Waals surface area (Å²) in [5.74, 6) is -0.471. The van der Waals surface area contributed by atoms with Crippen LogP contribution in [0.1, 0.15) is 23.0 Å². The standard InChI is InChI=1S/C19H15N3O3S/c1-3-25-19(23)17-16(14(10-20)11-22(17)2)12-4-6-13(7-5-12)18-15(21-24)8-9-26-18/h4-9,11H,3H2,1-2H3. The zero-order chi connectivity index (χ0) is 18.7. The molecule has 0 amide bonds. The number of nitrogens with zero attached hydrogens (tertiary/aromatic N) is 3. The van der Waals surface area contributed by atoms with Gasteiger partial charge in [0.2, 0.25) is 0 Å². The Bertz CT molecular complexity index is 1010. The molecule has 0 aliphatic carbocycles. The minimum Gasteiger partial charge on any atom is -0.461 e. The van der Waals surface area contributed by atoms with Crippen molar-refractivity contribution in [2.75, 3.05) is 6.61 Å². The highest BCUT2D eigenvalue weighted by Crippen LogP contribution is 2.37. The summed E-state index contributed by atoms with van der Waals surface area (Å²) in [6.07, 6.45) is 1.61. The molecule has 0 atom stereocenters. The van der Waals surface area contributed by atoms with Crippen LogP contribution in [0.4, 0.5) is 5.69 Å². The maximum atomic E-state index is 12.3. The summed E-state index contributed by atoms with van der Waals surface area (Å²) in [6, 6.07) is 11.1. The lowest BCUT2D eigenvalue weighted by Gasteiger charge is -2.08. The predicted octanol–water partition coefficient (Wildman–Crippen LogP) is 4.87. The van der Waals surface area contributed by atoms with Crippen molar-refractivity contribution in [3.05, 3.63) is 58.1 Å². The lowest BCUT2D eigenvalue weighted by Crippen LogP contribution is -2.10. The first-order valence-electron chi connectivity index (χ1n) is 7.88. The summed E-state index contributed by atoms with van der Waals surface area (Å²) >= 11 is 1.43. The number of thiophene rings is 1. The van der Waals surface area contributed by atoms with Gasteiger partial charge in [-0.15, -0.1) is 16.2 Å². The van der Waals surface area contributed by atoms with E-state index in [2.05, 4.69) is 11.2 Å².